The molecule has 5 nitrogen and oxygen atoms in total. The van der Waals surface area contributed by atoms with Crippen LogP contribution in [0.2, 0.25) is 0 Å². The molecule has 1 aromatic carbocycles. The zero-order chi connectivity index (χ0) is 20.1. The van der Waals surface area contributed by atoms with Crippen molar-refractivity contribution in [3.05, 3.63) is 35.9 Å². The Labute approximate surface area is 169 Å². The summed E-state index contributed by atoms with van der Waals surface area (Å²) in [7, 11) is 0. The van der Waals surface area contributed by atoms with Crippen LogP contribution in [0.5, 0.6) is 0 Å². The van der Waals surface area contributed by atoms with Crippen molar-refractivity contribution in [3.63, 3.8) is 0 Å². The maximum atomic E-state index is 13.0. The minimum Gasteiger partial charge on any atom is -0.353 e. The lowest BCUT2D eigenvalue weighted by atomic mass is 9.74. The highest BCUT2D eigenvalue weighted by atomic mass is 16.2. The molecular weight excluding hydrogens is 350 g/mol. The number of likely N-dealkylation sites (tertiary alicyclic amines) is 1. The number of hydrogen-bond donors (Lipinski definition) is 2. The Morgan fingerprint density at radius 1 is 1.18 bits per heavy atom. The number of rotatable bonds is 5. The second kappa shape index (κ2) is 9.08. The molecule has 2 fully saturated rings. The molecule has 1 saturated carbocycles. The van der Waals surface area contributed by atoms with Crippen LogP contribution in [0.1, 0.15) is 70.3 Å². The Hall–Kier alpha value is -1.88. The molecule has 0 aromatic heterocycles. The summed E-state index contributed by atoms with van der Waals surface area (Å²) >= 11 is 0. The third-order valence-electron chi connectivity index (χ3n) is 6.63. The van der Waals surface area contributed by atoms with Gasteiger partial charge < -0.3 is 16.0 Å². The zero-order valence-electron chi connectivity index (χ0n) is 17.3. The summed E-state index contributed by atoms with van der Waals surface area (Å²) in [5.74, 6) is 0.140. The molecule has 5 heteroatoms. The van der Waals surface area contributed by atoms with Gasteiger partial charge in [0.15, 0.2) is 0 Å². The van der Waals surface area contributed by atoms with E-state index < -0.39 is 5.54 Å². The molecule has 3 N–H and O–H groups in total. The molecule has 1 saturated heterocycles. The Kier molecular flexibility index (Phi) is 6.76. The van der Waals surface area contributed by atoms with Crippen LogP contribution in [0.4, 0.5) is 0 Å². The van der Waals surface area contributed by atoms with Gasteiger partial charge in [-0.2, -0.15) is 0 Å². The smallest absolute Gasteiger partial charge is 0.230 e. The predicted octanol–water partition coefficient (Wildman–Crippen LogP) is 3.20. The first-order valence-corrected chi connectivity index (χ1v) is 10.9. The van der Waals surface area contributed by atoms with Gasteiger partial charge >= 0.3 is 0 Å². The SMILES string of the molecule is CCC(C(=O)N1CCC(NC(=O)C2CCCCC2(C)N)CC1)c1ccccc1. The Morgan fingerprint density at radius 2 is 1.86 bits per heavy atom. The number of nitrogens with zero attached hydrogens (tertiary/aromatic N) is 1. The summed E-state index contributed by atoms with van der Waals surface area (Å²) in [4.78, 5) is 27.7. The van der Waals surface area contributed by atoms with Crippen LogP contribution in [-0.2, 0) is 9.59 Å². The summed E-state index contributed by atoms with van der Waals surface area (Å²) in [5, 5.41) is 3.22. The van der Waals surface area contributed by atoms with Crippen molar-refractivity contribution in [1.29, 1.82) is 0 Å². The van der Waals surface area contributed by atoms with Gasteiger partial charge in [-0.25, -0.2) is 0 Å². The molecule has 1 aliphatic carbocycles. The molecule has 2 amide bonds. The number of carbonyl (C=O) groups is 2. The quantitative estimate of drug-likeness (QED) is 0.817. The molecule has 0 bridgehead atoms. The predicted molar refractivity (Wildman–Crippen MR) is 112 cm³/mol. The summed E-state index contributed by atoms with van der Waals surface area (Å²) in [5.41, 5.74) is 7.07. The number of nitrogens with one attached hydrogen (secondary N) is 1. The second-order valence-electron chi connectivity index (χ2n) is 8.78. The fraction of sp³-hybridized carbons (Fsp3) is 0.652. The average molecular weight is 386 g/mol. The van der Waals surface area contributed by atoms with Crippen LogP contribution in [-0.4, -0.2) is 41.4 Å². The van der Waals surface area contributed by atoms with Crippen molar-refractivity contribution >= 4 is 11.8 Å². The maximum absolute atomic E-state index is 13.0. The number of benzene rings is 1. The molecule has 3 rings (SSSR count). The highest BCUT2D eigenvalue weighted by Crippen LogP contribution is 2.32. The molecule has 28 heavy (non-hydrogen) atoms. The lowest BCUT2D eigenvalue weighted by Crippen LogP contribution is -2.55. The second-order valence-corrected chi connectivity index (χ2v) is 8.78. The van der Waals surface area contributed by atoms with E-state index in [1.165, 1.54) is 0 Å². The third kappa shape index (κ3) is 4.75. The Balaban J connectivity index is 1.52. The monoisotopic (exact) mass is 385 g/mol. The highest BCUT2D eigenvalue weighted by Gasteiger charge is 2.39. The molecule has 3 atom stereocenters. The van der Waals surface area contributed by atoms with Crippen LogP contribution in [0, 0.1) is 5.92 Å². The first-order valence-electron chi connectivity index (χ1n) is 10.9. The number of carbonyl (C=O) groups excluding carboxylic acids is 2. The summed E-state index contributed by atoms with van der Waals surface area (Å²) in [6.07, 6.45) is 6.41. The van der Waals surface area contributed by atoms with Gasteiger partial charge in [0.2, 0.25) is 11.8 Å². The number of hydrogen-bond acceptors (Lipinski definition) is 3. The first-order chi connectivity index (χ1) is 13.4. The average Bonchev–Trinajstić information content (AvgIpc) is 2.69. The van der Waals surface area contributed by atoms with Crippen molar-refractivity contribution in [2.24, 2.45) is 11.7 Å². The van der Waals surface area contributed by atoms with E-state index in [4.69, 9.17) is 5.73 Å². The number of piperidine rings is 1. The topological polar surface area (TPSA) is 75.4 Å². The van der Waals surface area contributed by atoms with E-state index in [-0.39, 0.29) is 29.7 Å². The summed E-state index contributed by atoms with van der Waals surface area (Å²) in [6, 6.07) is 10.2. The summed E-state index contributed by atoms with van der Waals surface area (Å²) < 4.78 is 0. The molecule has 1 aromatic rings. The van der Waals surface area contributed by atoms with Gasteiger partial charge in [0.25, 0.3) is 0 Å². The third-order valence-corrected chi connectivity index (χ3v) is 6.63. The van der Waals surface area contributed by atoms with Crippen molar-refractivity contribution < 1.29 is 9.59 Å². The fourth-order valence-corrected chi connectivity index (χ4v) is 4.79. The van der Waals surface area contributed by atoms with E-state index >= 15 is 0 Å². The van der Waals surface area contributed by atoms with E-state index in [1.807, 2.05) is 42.2 Å². The number of nitrogens with two attached hydrogens (primary N) is 1. The van der Waals surface area contributed by atoms with Gasteiger partial charge in [0, 0.05) is 24.7 Å². The largest absolute Gasteiger partial charge is 0.353 e. The lowest BCUT2D eigenvalue weighted by Gasteiger charge is -2.39. The molecule has 154 valence electrons. The van der Waals surface area contributed by atoms with Gasteiger partial charge in [-0.3, -0.25) is 9.59 Å². The van der Waals surface area contributed by atoms with Crippen molar-refractivity contribution in [3.8, 4) is 0 Å². The lowest BCUT2D eigenvalue weighted by molar-refractivity contribution is -0.134. The maximum Gasteiger partial charge on any atom is 0.230 e. The Morgan fingerprint density at radius 3 is 2.46 bits per heavy atom. The van der Waals surface area contributed by atoms with Gasteiger partial charge in [-0.05, 0) is 44.6 Å². The first kappa shape index (κ1) is 20.8. The van der Waals surface area contributed by atoms with Crippen molar-refractivity contribution in [1.82, 2.24) is 10.2 Å². The van der Waals surface area contributed by atoms with E-state index in [9.17, 15) is 9.59 Å². The van der Waals surface area contributed by atoms with Crippen molar-refractivity contribution in [2.45, 2.75) is 76.3 Å². The van der Waals surface area contributed by atoms with Crippen molar-refractivity contribution in [2.75, 3.05) is 13.1 Å². The normalized spacial score (nSPS) is 27.2. The minimum absolute atomic E-state index is 0.0764. The van der Waals surface area contributed by atoms with E-state index in [0.29, 0.717) is 13.1 Å². The van der Waals surface area contributed by atoms with E-state index in [2.05, 4.69) is 12.2 Å². The van der Waals surface area contributed by atoms with Gasteiger partial charge in [-0.15, -0.1) is 0 Å². The van der Waals surface area contributed by atoms with Crippen LogP contribution >= 0.6 is 0 Å². The van der Waals surface area contributed by atoms with Gasteiger partial charge in [0.1, 0.15) is 0 Å². The fourth-order valence-electron chi connectivity index (χ4n) is 4.79. The van der Waals surface area contributed by atoms with Gasteiger partial charge in [0.05, 0.1) is 11.8 Å². The molecule has 1 aliphatic heterocycles. The molecule has 2 aliphatic rings. The standard InChI is InChI=1S/C23H35N3O2/c1-3-19(17-9-5-4-6-10-17)22(28)26-15-12-18(13-16-26)25-21(27)20-11-7-8-14-23(20,2)24/h4-6,9-10,18-20H,3,7-8,11-16,24H2,1-2H3,(H,25,27). The molecule has 1 heterocycles. The molecular formula is C23H35N3O2. The van der Waals surface area contributed by atoms with Crippen LogP contribution in [0.25, 0.3) is 0 Å². The van der Waals surface area contributed by atoms with Crippen LogP contribution in [0.15, 0.2) is 30.3 Å². The molecule has 3 unspecified atom stereocenters. The summed E-state index contributed by atoms with van der Waals surface area (Å²) in [6.45, 7) is 5.48. The van der Waals surface area contributed by atoms with E-state index in [0.717, 1.165) is 50.5 Å². The van der Waals surface area contributed by atoms with E-state index in [1.54, 1.807) is 0 Å². The van der Waals surface area contributed by atoms with Gasteiger partial charge in [-0.1, -0.05) is 50.1 Å². The van der Waals surface area contributed by atoms with Crippen LogP contribution < -0.4 is 11.1 Å². The minimum atomic E-state index is -0.400. The highest BCUT2D eigenvalue weighted by molar-refractivity contribution is 5.84. The van der Waals surface area contributed by atoms with Crippen LogP contribution in [0.3, 0.4) is 0 Å². The zero-order valence-corrected chi connectivity index (χ0v) is 17.3. The molecule has 0 radical (unpaired) electrons. The molecule has 0 spiro atoms. The number of amides is 2. The Bertz CT molecular complexity index is 666.